The topological polar surface area (TPSA) is 99.8 Å². The summed E-state index contributed by atoms with van der Waals surface area (Å²) in [6, 6.07) is 22.3. The van der Waals surface area contributed by atoms with E-state index in [4.69, 9.17) is 9.15 Å². The summed E-state index contributed by atoms with van der Waals surface area (Å²) in [4.78, 5) is 23.9. The highest BCUT2D eigenvalue weighted by molar-refractivity contribution is 6.07. The Morgan fingerprint density at radius 2 is 1.59 bits per heavy atom. The Balaban J connectivity index is 1.76. The third-order valence-corrected chi connectivity index (χ3v) is 5.15. The van der Waals surface area contributed by atoms with Crippen molar-refractivity contribution in [3.63, 3.8) is 0 Å². The SMILES string of the molecule is O=C(O)c1ccccc1-c1c2ccc(=O)cc-2oc2cc(Oc3ccc([O-])cc3)ccc12. The highest BCUT2D eigenvalue weighted by atomic mass is 16.5. The van der Waals surface area contributed by atoms with Crippen LogP contribution in [0.3, 0.4) is 0 Å². The van der Waals surface area contributed by atoms with Gasteiger partial charge in [-0.25, -0.2) is 4.79 Å². The maximum atomic E-state index is 12.0. The van der Waals surface area contributed by atoms with Gasteiger partial charge < -0.3 is 19.4 Å². The summed E-state index contributed by atoms with van der Waals surface area (Å²) in [7, 11) is 0. The fourth-order valence-electron chi connectivity index (χ4n) is 3.74. The Morgan fingerprint density at radius 3 is 2.38 bits per heavy atom. The number of carboxylic acid groups (broad SMARTS) is 1. The summed E-state index contributed by atoms with van der Waals surface area (Å²) in [6.45, 7) is 0. The second-order valence-electron chi connectivity index (χ2n) is 7.22. The van der Waals surface area contributed by atoms with Crippen molar-refractivity contribution in [2.24, 2.45) is 0 Å². The molecule has 0 unspecified atom stereocenters. The van der Waals surface area contributed by atoms with E-state index in [1.807, 2.05) is 0 Å². The quantitative estimate of drug-likeness (QED) is 0.402. The Morgan fingerprint density at radius 1 is 0.844 bits per heavy atom. The highest BCUT2D eigenvalue weighted by Crippen LogP contribution is 2.42. The average molecular weight is 423 g/mol. The predicted octanol–water partition coefficient (Wildman–Crippen LogP) is 5.13. The molecule has 2 aliphatic rings. The molecular formula is C26H15O6-. The number of hydrogen-bond donors (Lipinski definition) is 1. The second-order valence-corrected chi connectivity index (χ2v) is 7.22. The van der Waals surface area contributed by atoms with Crippen molar-refractivity contribution in [2.75, 3.05) is 0 Å². The molecule has 1 aliphatic carbocycles. The lowest BCUT2D eigenvalue weighted by atomic mass is 9.91. The van der Waals surface area contributed by atoms with Crippen LogP contribution in [-0.2, 0) is 0 Å². The van der Waals surface area contributed by atoms with Gasteiger partial charge in [0.1, 0.15) is 22.8 Å². The monoisotopic (exact) mass is 423 g/mol. The first-order valence-electron chi connectivity index (χ1n) is 9.78. The van der Waals surface area contributed by atoms with E-state index in [1.165, 1.54) is 24.3 Å². The molecule has 32 heavy (non-hydrogen) atoms. The maximum Gasteiger partial charge on any atom is 0.336 e. The summed E-state index contributed by atoms with van der Waals surface area (Å²) in [5.74, 6) is 0.128. The van der Waals surface area contributed by atoms with Gasteiger partial charge in [-0.1, -0.05) is 30.3 Å². The van der Waals surface area contributed by atoms with Crippen LogP contribution in [-0.4, -0.2) is 11.1 Å². The molecule has 0 spiro atoms. The van der Waals surface area contributed by atoms with Gasteiger partial charge in [0, 0.05) is 28.6 Å². The smallest absolute Gasteiger partial charge is 0.336 e. The fraction of sp³-hybridized carbons (Fsp3) is 0. The molecule has 3 aromatic rings. The molecule has 0 saturated carbocycles. The number of rotatable bonds is 4. The third kappa shape index (κ3) is 3.44. The van der Waals surface area contributed by atoms with Gasteiger partial charge in [-0.05, 0) is 48.0 Å². The van der Waals surface area contributed by atoms with Crippen molar-refractivity contribution in [3.8, 4) is 39.7 Å². The van der Waals surface area contributed by atoms with Crippen LogP contribution in [0.2, 0.25) is 0 Å². The van der Waals surface area contributed by atoms with E-state index in [1.54, 1.807) is 60.7 Å². The molecule has 3 aromatic carbocycles. The van der Waals surface area contributed by atoms with Gasteiger partial charge >= 0.3 is 5.97 Å². The van der Waals surface area contributed by atoms with Crippen molar-refractivity contribution in [3.05, 3.63) is 101 Å². The van der Waals surface area contributed by atoms with E-state index < -0.39 is 5.97 Å². The maximum absolute atomic E-state index is 12.0. The normalized spacial score (nSPS) is 11.0. The van der Waals surface area contributed by atoms with E-state index in [0.29, 0.717) is 44.9 Å². The first kappa shape index (κ1) is 19.4. The summed E-state index contributed by atoms with van der Waals surface area (Å²) < 4.78 is 11.8. The summed E-state index contributed by atoms with van der Waals surface area (Å²) in [6.07, 6.45) is 0. The molecule has 0 bridgehead atoms. The van der Waals surface area contributed by atoms with Gasteiger partial charge in [-0.3, -0.25) is 4.79 Å². The molecule has 1 heterocycles. The highest BCUT2D eigenvalue weighted by Gasteiger charge is 2.21. The molecule has 0 saturated heterocycles. The van der Waals surface area contributed by atoms with Crippen LogP contribution in [0.15, 0.2) is 94.1 Å². The molecule has 6 nitrogen and oxygen atoms in total. The van der Waals surface area contributed by atoms with Crippen LogP contribution in [0.4, 0.5) is 0 Å². The lowest BCUT2D eigenvalue weighted by molar-refractivity contribution is -0.268. The van der Waals surface area contributed by atoms with Gasteiger partial charge in [0.15, 0.2) is 5.43 Å². The van der Waals surface area contributed by atoms with E-state index in [9.17, 15) is 19.8 Å². The summed E-state index contributed by atoms with van der Waals surface area (Å²) in [5.41, 5.74) is 2.15. The molecule has 5 rings (SSSR count). The fourth-order valence-corrected chi connectivity index (χ4v) is 3.74. The summed E-state index contributed by atoms with van der Waals surface area (Å²) in [5, 5.41) is 21.7. The summed E-state index contributed by atoms with van der Waals surface area (Å²) >= 11 is 0. The number of carboxylic acids is 1. The minimum absolute atomic E-state index is 0.118. The van der Waals surface area contributed by atoms with Crippen LogP contribution in [0.5, 0.6) is 17.2 Å². The molecular weight excluding hydrogens is 408 g/mol. The van der Waals surface area contributed by atoms with Gasteiger partial charge in [0.2, 0.25) is 0 Å². The van der Waals surface area contributed by atoms with Crippen LogP contribution in [0.25, 0.3) is 33.4 Å². The van der Waals surface area contributed by atoms with Crippen molar-refractivity contribution in [2.45, 2.75) is 0 Å². The minimum atomic E-state index is -1.05. The third-order valence-electron chi connectivity index (χ3n) is 5.15. The zero-order valence-electron chi connectivity index (χ0n) is 16.6. The Bertz CT molecular complexity index is 1500. The van der Waals surface area contributed by atoms with Gasteiger partial charge in [0.25, 0.3) is 0 Å². The minimum Gasteiger partial charge on any atom is -0.872 e. The van der Waals surface area contributed by atoms with E-state index in [0.717, 1.165) is 0 Å². The zero-order chi connectivity index (χ0) is 22.2. The van der Waals surface area contributed by atoms with Gasteiger partial charge in [0.05, 0.1) is 5.56 Å². The molecule has 0 atom stereocenters. The van der Waals surface area contributed by atoms with Crippen molar-refractivity contribution in [1.29, 1.82) is 0 Å². The molecule has 156 valence electrons. The first-order valence-corrected chi connectivity index (χ1v) is 9.78. The molecule has 6 heteroatoms. The van der Waals surface area contributed by atoms with Crippen LogP contribution < -0.4 is 15.3 Å². The second kappa shape index (κ2) is 7.59. The number of aromatic carboxylic acids is 1. The standard InChI is InChI=1S/C26H16O6/c27-15-5-8-17(9-6-15)31-18-10-12-22-24(14-18)32-23-13-16(28)7-11-21(23)25(22)19-3-1-2-4-20(19)26(29)30/h1-14,27H,(H,29,30)/p-1. The van der Waals surface area contributed by atoms with Gasteiger partial charge in [-0.2, -0.15) is 0 Å². The lowest BCUT2D eigenvalue weighted by Gasteiger charge is -2.17. The largest absolute Gasteiger partial charge is 0.872 e. The molecule has 0 fully saturated rings. The molecule has 1 aliphatic heterocycles. The lowest BCUT2D eigenvalue weighted by Crippen LogP contribution is -2.03. The Kier molecular flexibility index (Phi) is 4.60. The number of benzene rings is 4. The van der Waals surface area contributed by atoms with Crippen LogP contribution in [0.1, 0.15) is 10.4 Å². The van der Waals surface area contributed by atoms with E-state index >= 15 is 0 Å². The zero-order valence-corrected chi connectivity index (χ0v) is 16.6. The van der Waals surface area contributed by atoms with Gasteiger partial charge in [-0.15, -0.1) is 5.75 Å². The van der Waals surface area contributed by atoms with Crippen LogP contribution in [0, 0.1) is 0 Å². The van der Waals surface area contributed by atoms with Crippen LogP contribution >= 0.6 is 0 Å². The van der Waals surface area contributed by atoms with E-state index in [-0.39, 0.29) is 16.7 Å². The average Bonchev–Trinajstić information content (AvgIpc) is 2.79. The van der Waals surface area contributed by atoms with E-state index in [2.05, 4.69) is 0 Å². The first-order chi connectivity index (χ1) is 15.5. The number of hydrogen-bond acceptors (Lipinski definition) is 5. The predicted molar refractivity (Wildman–Crippen MR) is 117 cm³/mol. The Labute approximate surface area is 181 Å². The van der Waals surface area contributed by atoms with Crippen molar-refractivity contribution in [1.82, 2.24) is 0 Å². The molecule has 1 N–H and O–H groups in total. The number of fused-ring (bicyclic) bond motifs is 2. The van der Waals surface area contributed by atoms with Crippen molar-refractivity contribution < 1.29 is 24.2 Å². The molecule has 0 amide bonds. The van der Waals surface area contributed by atoms with Crippen molar-refractivity contribution >= 4 is 16.9 Å². The molecule has 0 aromatic heterocycles. The number of carbonyl (C=O) groups is 1. The molecule has 0 radical (unpaired) electrons. The Hall–Kier alpha value is -4.58. The number of ether oxygens (including phenoxy) is 1.